The van der Waals surface area contributed by atoms with Crippen LogP contribution in [-0.2, 0) is 5.41 Å². The van der Waals surface area contributed by atoms with Gasteiger partial charge in [0, 0.05) is 34.4 Å². The maximum atomic E-state index is 3.84. The van der Waals surface area contributed by atoms with Gasteiger partial charge in [0.1, 0.15) is 0 Å². The van der Waals surface area contributed by atoms with Crippen LogP contribution in [0.25, 0.3) is 22.3 Å². The Morgan fingerprint density at radius 1 is 0.509 bits per heavy atom. The van der Waals surface area contributed by atoms with E-state index in [9.17, 15) is 0 Å². The van der Waals surface area contributed by atoms with Crippen molar-refractivity contribution >= 4 is 28.4 Å². The van der Waals surface area contributed by atoms with Gasteiger partial charge in [-0.3, -0.25) is 0 Å². The van der Waals surface area contributed by atoms with Gasteiger partial charge >= 0.3 is 0 Å². The zero-order valence-electron chi connectivity index (χ0n) is 33.7. The molecule has 0 aliphatic heterocycles. The summed E-state index contributed by atoms with van der Waals surface area (Å²) in [5, 5.41) is 3.84. The standard InChI is InChI=1S/C55H52N2/c1-38-48-16-8-9-17-49(48)50-18-10-11-19-51(50)54(38)52-20-12-13-21-53(52)56-44-30-22-40(23-31-44)42-26-34-46(35-27-42)57(47-36-28-43(29-37-47)55(2,3)4)45-32-24-41(25-33-45)39-14-6-5-7-15-39/h5-8,11-16,19-38,54,56H,9-10,17-18H2,1-4H3. The minimum Gasteiger partial charge on any atom is -0.355 e. The van der Waals surface area contributed by atoms with Crippen LogP contribution in [0, 0.1) is 5.92 Å². The van der Waals surface area contributed by atoms with Crippen LogP contribution in [0.2, 0.25) is 0 Å². The second-order valence-corrected chi connectivity index (χ2v) is 16.9. The van der Waals surface area contributed by atoms with Crippen molar-refractivity contribution in [2.24, 2.45) is 5.92 Å². The van der Waals surface area contributed by atoms with Crippen LogP contribution in [-0.4, -0.2) is 0 Å². The molecule has 0 saturated carbocycles. The molecule has 9 rings (SSSR count). The Morgan fingerprint density at radius 2 is 0.982 bits per heavy atom. The number of rotatable bonds is 8. The molecule has 3 aliphatic rings. The molecule has 2 heteroatoms. The first kappa shape index (κ1) is 36.5. The highest BCUT2D eigenvalue weighted by atomic mass is 15.1. The normalized spacial score (nSPS) is 17.6. The fourth-order valence-corrected chi connectivity index (χ4v) is 9.20. The maximum Gasteiger partial charge on any atom is 0.0462 e. The van der Waals surface area contributed by atoms with Crippen molar-refractivity contribution in [3.8, 4) is 22.3 Å². The van der Waals surface area contributed by atoms with E-state index in [1.165, 1.54) is 51.1 Å². The average Bonchev–Trinajstić information content (AvgIpc) is 3.25. The van der Waals surface area contributed by atoms with Crippen LogP contribution in [0.4, 0.5) is 28.4 Å². The topological polar surface area (TPSA) is 15.3 Å². The number of hydrogen-bond donors (Lipinski definition) is 1. The molecule has 2 nitrogen and oxygen atoms in total. The van der Waals surface area contributed by atoms with Gasteiger partial charge < -0.3 is 10.2 Å². The molecule has 2 unspecified atom stereocenters. The van der Waals surface area contributed by atoms with E-state index in [1.807, 2.05) is 0 Å². The number of nitrogens with one attached hydrogen (secondary N) is 1. The van der Waals surface area contributed by atoms with Crippen molar-refractivity contribution in [2.75, 3.05) is 10.2 Å². The van der Waals surface area contributed by atoms with Crippen LogP contribution < -0.4 is 10.2 Å². The lowest BCUT2D eigenvalue weighted by Gasteiger charge is -2.39. The Hall–Kier alpha value is -6.12. The van der Waals surface area contributed by atoms with Crippen molar-refractivity contribution < 1.29 is 0 Å². The summed E-state index contributed by atoms with van der Waals surface area (Å²) in [5.74, 6) is 0.760. The van der Waals surface area contributed by atoms with Crippen molar-refractivity contribution in [2.45, 2.75) is 64.7 Å². The van der Waals surface area contributed by atoms with E-state index in [4.69, 9.17) is 0 Å². The van der Waals surface area contributed by atoms with Crippen molar-refractivity contribution in [1.29, 1.82) is 0 Å². The molecule has 0 aromatic heterocycles. The van der Waals surface area contributed by atoms with Gasteiger partial charge in [-0.1, -0.05) is 149 Å². The SMILES string of the molecule is CC1C2=C(CCC=C2)C2=C(C=CCC2)C1c1ccccc1Nc1ccc(-c2ccc(N(c3ccc(-c4ccccc4)cc3)c3ccc(C(C)(C)C)cc3)cc2)cc1. The fourth-order valence-electron chi connectivity index (χ4n) is 9.20. The highest BCUT2D eigenvalue weighted by molar-refractivity contribution is 5.80. The molecule has 2 atom stereocenters. The zero-order valence-corrected chi connectivity index (χ0v) is 33.7. The van der Waals surface area contributed by atoms with Gasteiger partial charge in [-0.25, -0.2) is 0 Å². The van der Waals surface area contributed by atoms with E-state index in [2.05, 4.69) is 214 Å². The summed E-state index contributed by atoms with van der Waals surface area (Å²) >= 11 is 0. The van der Waals surface area contributed by atoms with Crippen molar-refractivity contribution in [3.05, 3.63) is 209 Å². The molecule has 3 aliphatic carbocycles. The van der Waals surface area contributed by atoms with Gasteiger partial charge in [0.05, 0.1) is 0 Å². The van der Waals surface area contributed by atoms with Crippen molar-refractivity contribution in [1.82, 2.24) is 0 Å². The minimum absolute atomic E-state index is 0.0914. The fraction of sp³-hybridized carbons (Fsp3) is 0.200. The quantitative estimate of drug-likeness (QED) is 0.167. The predicted molar refractivity (Wildman–Crippen MR) is 243 cm³/mol. The number of allylic oxidation sites excluding steroid dienone is 8. The number of nitrogens with zero attached hydrogens (tertiary/aromatic N) is 1. The predicted octanol–water partition coefficient (Wildman–Crippen LogP) is 15.6. The van der Waals surface area contributed by atoms with Gasteiger partial charge in [-0.15, -0.1) is 0 Å². The minimum atomic E-state index is 0.0914. The van der Waals surface area contributed by atoms with Crippen LogP contribution in [0.15, 0.2) is 198 Å². The Kier molecular flexibility index (Phi) is 9.89. The second-order valence-electron chi connectivity index (χ2n) is 16.9. The van der Waals surface area contributed by atoms with Crippen LogP contribution in [0.5, 0.6) is 0 Å². The lowest BCUT2D eigenvalue weighted by molar-refractivity contribution is 0.564. The summed E-state index contributed by atoms with van der Waals surface area (Å²) in [6, 6.07) is 55.4. The molecule has 0 amide bonds. The molecule has 0 saturated heterocycles. The Bertz CT molecular complexity index is 2490. The zero-order chi connectivity index (χ0) is 38.9. The molecule has 0 radical (unpaired) electrons. The third-order valence-electron chi connectivity index (χ3n) is 12.2. The first-order valence-electron chi connectivity index (χ1n) is 20.7. The molecule has 0 heterocycles. The molecule has 0 spiro atoms. The molecule has 6 aromatic carbocycles. The van der Waals surface area contributed by atoms with Gasteiger partial charge in [0.2, 0.25) is 0 Å². The number of benzene rings is 6. The first-order valence-corrected chi connectivity index (χ1v) is 20.7. The lowest BCUT2D eigenvalue weighted by Crippen LogP contribution is -2.24. The molecular weight excluding hydrogens is 689 g/mol. The Balaban J connectivity index is 0.976. The number of anilines is 5. The molecule has 282 valence electrons. The number of fused-ring (bicyclic) bond motifs is 1. The van der Waals surface area contributed by atoms with Crippen LogP contribution in [0.3, 0.4) is 0 Å². The second kappa shape index (κ2) is 15.4. The highest BCUT2D eigenvalue weighted by Gasteiger charge is 2.36. The molecule has 0 bridgehead atoms. The summed E-state index contributed by atoms with van der Waals surface area (Å²) in [6.45, 7) is 9.23. The Morgan fingerprint density at radius 3 is 1.56 bits per heavy atom. The van der Waals surface area contributed by atoms with E-state index < -0.39 is 0 Å². The van der Waals surface area contributed by atoms with Gasteiger partial charge in [0.15, 0.2) is 0 Å². The summed E-state index contributed by atoms with van der Waals surface area (Å²) < 4.78 is 0. The van der Waals surface area contributed by atoms with Crippen molar-refractivity contribution in [3.63, 3.8) is 0 Å². The maximum absolute atomic E-state index is 3.84. The smallest absolute Gasteiger partial charge is 0.0462 e. The van der Waals surface area contributed by atoms with E-state index in [0.29, 0.717) is 11.8 Å². The summed E-state index contributed by atoms with van der Waals surface area (Å²) in [7, 11) is 0. The molecular formula is C55H52N2. The number of hydrogen-bond acceptors (Lipinski definition) is 2. The molecule has 0 fully saturated rings. The van der Waals surface area contributed by atoms with Crippen LogP contribution >= 0.6 is 0 Å². The third-order valence-corrected chi connectivity index (χ3v) is 12.2. The highest BCUT2D eigenvalue weighted by Crippen LogP contribution is 2.51. The van der Waals surface area contributed by atoms with E-state index in [0.717, 1.165) is 42.0 Å². The number of para-hydroxylation sites is 1. The van der Waals surface area contributed by atoms with E-state index in [1.54, 1.807) is 16.7 Å². The van der Waals surface area contributed by atoms with Gasteiger partial charge in [0.25, 0.3) is 0 Å². The van der Waals surface area contributed by atoms with E-state index in [-0.39, 0.29) is 5.41 Å². The van der Waals surface area contributed by atoms with E-state index >= 15 is 0 Å². The summed E-state index contributed by atoms with van der Waals surface area (Å²) in [6.07, 6.45) is 14.2. The monoisotopic (exact) mass is 740 g/mol. The first-order chi connectivity index (χ1) is 27.8. The molecule has 57 heavy (non-hydrogen) atoms. The average molecular weight is 741 g/mol. The molecule has 6 aromatic rings. The lowest BCUT2D eigenvalue weighted by atomic mass is 9.65. The van der Waals surface area contributed by atoms with Gasteiger partial charge in [-0.05, 0) is 147 Å². The third kappa shape index (κ3) is 7.33. The van der Waals surface area contributed by atoms with Crippen LogP contribution in [0.1, 0.15) is 70.4 Å². The van der Waals surface area contributed by atoms with Gasteiger partial charge in [-0.2, -0.15) is 0 Å². The largest absolute Gasteiger partial charge is 0.355 e. The molecule has 1 N–H and O–H groups in total. The summed E-state index contributed by atoms with van der Waals surface area (Å²) in [5.41, 5.74) is 19.6. The Labute approximate surface area is 339 Å². The summed E-state index contributed by atoms with van der Waals surface area (Å²) in [4.78, 5) is 2.35.